The molecule has 2 heterocycles. The van der Waals surface area contributed by atoms with Gasteiger partial charge in [0.25, 0.3) is 5.91 Å². The Morgan fingerprint density at radius 2 is 1.68 bits per heavy atom. The average Bonchev–Trinajstić information content (AvgIpc) is 3.48. The molecule has 1 saturated heterocycles. The van der Waals surface area contributed by atoms with Crippen LogP contribution in [0, 0.1) is 0 Å². The summed E-state index contributed by atoms with van der Waals surface area (Å²) in [6.07, 6.45) is 3.66. The highest BCUT2D eigenvalue weighted by atomic mass is 32.2. The lowest BCUT2D eigenvalue weighted by Gasteiger charge is -2.17. The van der Waals surface area contributed by atoms with Gasteiger partial charge in [0.1, 0.15) is 5.75 Å². The minimum absolute atomic E-state index is 0.262. The number of rotatable bonds is 6. The van der Waals surface area contributed by atoms with Gasteiger partial charge in [-0.15, -0.1) is 0 Å². The maximum atomic E-state index is 13.5. The maximum Gasteiger partial charge on any atom is 0.339 e. The van der Waals surface area contributed by atoms with Gasteiger partial charge in [0, 0.05) is 17.3 Å². The number of anilines is 1. The zero-order valence-corrected chi connectivity index (χ0v) is 21.6. The molecule has 184 valence electrons. The predicted octanol–water partition coefficient (Wildman–Crippen LogP) is 5.74. The number of hydrogen-bond acceptors (Lipinski definition) is 7. The van der Waals surface area contributed by atoms with E-state index in [9.17, 15) is 9.59 Å². The van der Waals surface area contributed by atoms with Crippen molar-refractivity contribution in [1.29, 1.82) is 0 Å². The summed E-state index contributed by atoms with van der Waals surface area (Å²) < 4.78 is 12.3. The monoisotopic (exact) mass is 527 g/mol. The quantitative estimate of drug-likeness (QED) is 0.180. The molecule has 7 nitrogen and oxygen atoms in total. The summed E-state index contributed by atoms with van der Waals surface area (Å²) in [6.45, 7) is 0. The van der Waals surface area contributed by atoms with Crippen LogP contribution in [0.5, 0.6) is 5.75 Å². The fourth-order valence-corrected chi connectivity index (χ4v) is 5.22. The van der Waals surface area contributed by atoms with Crippen LogP contribution in [-0.2, 0) is 9.53 Å². The number of ether oxygens (including phenoxy) is 2. The molecular formula is C28H21N3O4S2. The fourth-order valence-electron chi connectivity index (χ4n) is 3.95. The first-order valence-corrected chi connectivity index (χ1v) is 12.5. The molecule has 3 aromatic carbocycles. The van der Waals surface area contributed by atoms with Crippen molar-refractivity contribution in [2.75, 3.05) is 19.1 Å². The summed E-state index contributed by atoms with van der Waals surface area (Å²) in [6, 6.07) is 24.0. The van der Waals surface area contributed by atoms with E-state index in [0.29, 0.717) is 20.6 Å². The molecule has 0 atom stereocenters. The molecular weight excluding hydrogens is 506 g/mol. The van der Waals surface area contributed by atoms with Gasteiger partial charge in [-0.25, -0.2) is 9.48 Å². The van der Waals surface area contributed by atoms with Crippen LogP contribution in [0.2, 0.25) is 0 Å². The number of carbonyl (C=O) groups is 2. The van der Waals surface area contributed by atoms with Crippen molar-refractivity contribution in [2.24, 2.45) is 0 Å². The second-order valence-electron chi connectivity index (χ2n) is 7.97. The van der Waals surface area contributed by atoms with Crippen LogP contribution in [0.3, 0.4) is 0 Å². The maximum absolute atomic E-state index is 13.5. The van der Waals surface area contributed by atoms with Crippen molar-refractivity contribution in [1.82, 2.24) is 9.78 Å². The second-order valence-corrected chi connectivity index (χ2v) is 9.64. The van der Waals surface area contributed by atoms with E-state index in [1.54, 1.807) is 42.1 Å². The molecule has 9 heteroatoms. The zero-order chi connectivity index (χ0) is 25.9. The molecule has 0 saturated carbocycles. The Morgan fingerprint density at radius 1 is 0.973 bits per heavy atom. The van der Waals surface area contributed by atoms with Gasteiger partial charge in [-0.3, -0.25) is 9.69 Å². The van der Waals surface area contributed by atoms with E-state index >= 15 is 0 Å². The Morgan fingerprint density at radius 3 is 2.38 bits per heavy atom. The van der Waals surface area contributed by atoms with Crippen LogP contribution in [0.1, 0.15) is 15.9 Å². The Bertz CT molecular complexity index is 1530. The topological polar surface area (TPSA) is 73.7 Å². The van der Waals surface area contributed by atoms with Gasteiger partial charge in [-0.05, 0) is 54.6 Å². The van der Waals surface area contributed by atoms with Crippen LogP contribution in [-0.4, -0.2) is 40.2 Å². The SMILES string of the molecule is COC(=O)c1ccccc1N1C(=O)/C(=C/c2cn(-c3ccccc3)nc2-c2ccc(OC)cc2)SC1=S. The van der Waals surface area contributed by atoms with Gasteiger partial charge in [-0.2, -0.15) is 5.10 Å². The van der Waals surface area contributed by atoms with Gasteiger partial charge in [0.15, 0.2) is 4.32 Å². The lowest BCUT2D eigenvalue weighted by atomic mass is 10.1. The molecule has 1 fully saturated rings. The lowest BCUT2D eigenvalue weighted by Crippen LogP contribution is -2.29. The number of nitrogens with zero attached hydrogens (tertiary/aromatic N) is 3. The molecule has 0 bridgehead atoms. The van der Waals surface area contributed by atoms with E-state index in [1.165, 1.54) is 23.8 Å². The van der Waals surface area contributed by atoms with Gasteiger partial charge in [-0.1, -0.05) is 54.3 Å². The highest BCUT2D eigenvalue weighted by Gasteiger charge is 2.35. The number of thioether (sulfide) groups is 1. The van der Waals surface area contributed by atoms with Crippen LogP contribution in [0.15, 0.2) is 90.0 Å². The van der Waals surface area contributed by atoms with Gasteiger partial charge < -0.3 is 9.47 Å². The van der Waals surface area contributed by atoms with E-state index in [-0.39, 0.29) is 11.5 Å². The number of hydrogen-bond donors (Lipinski definition) is 0. The third-order valence-electron chi connectivity index (χ3n) is 5.76. The minimum Gasteiger partial charge on any atom is -0.497 e. The third kappa shape index (κ3) is 4.78. The molecule has 0 aliphatic carbocycles. The number of para-hydroxylation sites is 2. The average molecular weight is 528 g/mol. The van der Waals surface area contributed by atoms with Gasteiger partial charge in [0.2, 0.25) is 0 Å². The summed E-state index contributed by atoms with van der Waals surface area (Å²) in [4.78, 5) is 27.7. The number of esters is 1. The molecule has 0 unspecified atom stereocenters. The highest BCUT2D eigenvalue weighted by molar-refractivity contribution is 8.27. The molecule has 0 spiro atoms. The Hall–Kier alpha value is -4.21. The van der Waals surface area contributed by atoms with Crippen molar-refractivity contribution in [2.45, 2.75) is 0 Å². The number of thiocarbonyl (C=S) groups is 1. The summed E-state index contributed by atoms with van der Waals surface area (Å²) in [7, 11) is 2.92. The fraction of sp³-hybridized carbons (Fsp3) is 0.0714. The van der Waals surface area contributed by atoms with E-state index < -0.39 is 5.97 Å². The molecule has 1 aromatic heterocycles. The van der Waals surface area contributed by atoms with E-state index in [4.69, 9.17) is 26.8 Å². The lowest BCUT2D eigenvalue weighted by molar-refractivity contribution is -0.113. The zero-order valence-electron chi connectivity index (χ0n) is 20.0. The van der Waals surface area contributed by atoms with Crippen LogP contribution < -0.4 is 9.64 Å². The molecule has 1 aliphatic heterocycles. The van der Waals surface area contributed by atoms with E-state index in [0.717, 1.165) is 22.6 Å². The van der Waals surface area contributed by atoms with Crippen LogP contribution in [0.25, 0.3) is 23.0 Å². The third-order valence-corrected chi connectivity index (χ3v) is 7.06. The van der Waals surface area contributed by atoms with Gasteiger partial charge >= 0.3 is 5.97 Å². The van der Waals surface area contributed by atoms with Crippen molar-refractivity contribution < 1.29 is 19.1 Å². The Kier molecular flexibility index (Phi) is 6.89. The molecule has 1 amide bonds. The molecule has 0 N–H and O–H groups in total. The summed E-state index contributed by atoms with van der Waals surface area (Å²) in [5.41, 5.74) is 3.85. The highest BCUT2D eigenvalue weighted by Crippen LogP contribution is 2.39. The number of aromatic nitrogens is 2. The number of methoxy groups -OCH3 is 2. The standard InChI is InChI=1S/C28H21N3O4S2/c1-34-21-14-12-18(13-15-21)25-19(17-30(29-25)20-8-4-3-5-9-20)16-24-26(32)31(28(36)37-24)23-11-7-6-10-22(23)27(33)35-2/h3-17H,1-2H3/b24-16-. The van der Waals surface area contributed by atoms with Crippen molar-refractivity contribution in [3.05, 3.63) is 101 Å². The van der Waals surface area contributed by atoms with Crippen molar-refractivity contribution in [3.8, 4) is 22.7 Å². The smallest absolute Gasteiger partial charge is 0.339 e. The number of amides is 1. The van der Waals surface area contributed by atoms with Crippen molar-refractivity contribution in [3.63, 3.8) is 0 Å². The van der Waals surface area contributed by atoms with Gasteiger partial charge in [0.05, 0.1) is 41.8 Å². The van der Waals surface area contributed by atoms with E-state index in [2.05, 4.69) is 0 Å². The van der Waals surface area contributed by atoms with Crippen LogP contribution >= 0.6 is 24.0 Å². The molecule has 37 heavy (non-hydrogen) atoms. The molecule has 4 aromatic rings. The summed E-state index contributed by atoms with van der Waals surface area (Å²) >= 11 is 6.73. The molecule has 5 rings (SSSR count). The minimum atomic E-state index is -0.542. The number of benzene rings is 3. The predicted molar refractivity (Wildman–Crippen MR) is 149 cm³/mol. The normalized spacial score (nSPS) is 14.3. The van der Waals surface area contributed by atoms with E-state index in [1.807, 2.05) is 60.8 Å². The summed E-state index contributed by atoms with van der Waals surface area (Å²) in [5.74, 6) is -0.128. The summed E-state index contributed by atoms with van der Waals surface area (Å²) in [5, 5.41) is 4.82. The first-order valence-electron chi connectivity index (χ1n) is 11.2. The van der Waals surface area contributed by atoms with Crippen LogP contribution in [0.4, 0.5) is 5.69 Å². The first kappa shape index (κ1) is 24.5. The molecule has 1 aliphatic rings. The Balaban J connectivity index is 1.58. The Labute approximate surface area is 223 Å². The van der Waals surface area contributed by atoms with Crippen molar-refractivity contribution >= 4 is 51.9 Å². The first-order chi connectivity index (χ1) is 18.0. The molecule has 0 radical (unpaired) electrons. The largest absolute Gasteiger partial charge is 0.497 e. The second kappa shape index (κ2) is 10.4. The number of carbonyl (C=O) groups excluding carboxylic acids is 2.